The summed E-state index contributed by atoms with van der Waals surface area (Å²) < 4.78 is 0. The van der Waals surface area contributed by atoms with Crippen LogP contribution in [-0.2, 0) is 9.59 Å². The maximum absolute atomic E-state index is 11.5. The highest BCUT2D eigenvalue weighted by Gasteiger charge is 2.20. The van der Waals surface area contributed by atoms with Crippen molar-refractivity contribution in [1.29, 1.82) is 0 Å². The van der Waals surface area contributed by atoms with E-state index >= 15 is 0 Å². The second kappa shape index (κ2) is 6.48. The Morgan fingerprint density at radius 3 is 2.88 bits per heavy atom. The summed E-state index contributed by atoms with van der Waals surface area (Å²) in [6.07, 6.45) is 2.54. The van der Waals surface area contributed by atoms with Crippen LogP contribution in [0.4, 0.5) is 0 Å². The van der Waals surface area contributed by atoms with Gasteiger partial charge in [-0.2, -0.15) is 0 Å². The highest BCUT2D eigenvalue weighted by Crippen LogP contribution is 2.09. The van der Waals surface area contributed by atoms with Crippen molar-refractivity contribution >= 4 is 11.8 Å². The SMILES string of the molecule is CNC(C)CNC(=O)CN1CCCCC1=O. The maximum Gasteiger partial charge on any atom is 0.239 e. The third-order valence-electron chi connectivity index (χ3n) is 2.85. The molecule has 0 spiro atoms. The number of likely N-dealkylation sites (tertiary alicyclic amines) is 1. The number of amides is 2. The van der Waals surface area contributed by atoms with Crippen molar-refractivity contribution in [1.82, 2.24) is 15.5 Å². The molecule has 1 rings (SSSR count). The molecule has 0 aromatic rings. The first-order valence-electron chi connectivity index (χ1n) is 5.85. The Morgan fingerprint density at radius 1 is 1.50 bits per heavy atom. The van der Waals surface area contributed by atoms with Gasteiger partial charge in [0.2, 0.25) is 11.8 Å². The first-order chi connectivity index (χ1) is 7.63. The smallest absolute Gasteiger partial charge is 0.239 e. The van der Waals surface area contributed by atoms with E-state index in [0.717, 1.165) is 12.8 Å². The van der Waals surface area contributed by atoms with Crippen molar-refractivity contribution < 1.29 is 9.59 Å². The normalized spacial score (nSPS) is 18.4. The molecular weight excluding hydrogens is 206 g/mol. The molecule has 0 aliphatic carbocycles. The van der Waals surface area contributed by atoms with Crippen molar-refractivity contribution in [2.45, 2.75) is 32.2 Å². The molecule has 1 atom stereocenters. The Balaban J connectivity index is 2.25. The Morgan fingerprint density at radius 2 is 2.25 bits per heavy atom. The molecule has 92 valence electrons. The van der Waals surface area contributed by atoms with Crippen molar-refractivity contribution in [3.8, 4) is 0 Å². The third-order valence-corrected chi connectivity index (χ3v) is 2.85. The van der Waals surface area contributed by atoms with Crippen LogP contribution in [0, 0.1) is 0 Å². The zero-order valence-electron chi connectivity index (χ0n) is 10.1. The average Bonchev–Trinajstić information content (AvgIpc) is 2.29. The van der Waals surface area contributed by atoms with Gasteiger partial charge in [0, 0.05) is 25.6 Å². The molecule has 0 aromatic carbocycles. The predicted octanol–water partition coefficient (Wildman–Crippen LogP) is -0.277. The fraction of sp³-hybridized carbons (Fsp3) is 0.818. The summed E-state index contributed by atoms with van der Waals surface area (Å²) in [5, 5.41) is 5.84. The largest absolute Gasteiger partial charge is 0.353 e. The second-order valence-electron chi connectivity index (χ2n) is 4.27. The number of nitrogens with zero attached hydrogens (tertiary/aromatic N) is 1. The van der Waals surface area contributed by atoms with Crippen LogP contribution in [-0.4, -0.2) is 49.4 Å². The van der Waals surface area contributed by atoms with Crippen molar-refractivity contribution in [3.63, 3.8) is 0 Å². The number of hydrogen-bond acceptors (Lipinski definition) is 3. The molecule has 1 aliphatic rings. The summed E-state index contributed by atoms with van der Waals surface area (Å²) in [5.41, 5.74) is 0. The Kier molecular flexibility index (Phi) is 5.25. The highest BCUT2D eigenvalue weighted by atomic mass is 16.2. The van der Waals surface area contributed by atoms with Gasteiger partial charge in [-0.05, 0) is 26.8 Å². The van der Waals surface area contributed by atoms with Crippen LogP contribution in [0.5, 0.6) is 0 Å². The average molecular weight is 227 g/mol. The summed E-state index contributed by atoms with van der Waals surface area (Å²) in [4.78, 5) is 24.6. The third kappa shape index (κ3) is 4.18. The van der Waals surface area contributed by atoms with Gasteiger partial charge >= 0.3 is 0 Å². The molecule has 1 unspecified atom stereocenters. The lowest BCUT2D eigenvalue weighted by atomic mass is 10.1. The summed E-state index contributed by atoms with van der Waals surface area (Å²) in [7, 11) is 1.85. The molecule has 1 aliphatic heterocycles. The quantitative estimate of drug-likeness (QED) is 0.679. The van der Waals surface area contributed by atoms with Crippen LogP contribution < -0.4 is 10.6 Å². The second-order valence-corrected chi connectivity index (χ2v) is 4.27. The minimum absolute atomic E-state index is 0.0719. The molecule has 5 heteroatoms. The molecule has 1 fully saturated rings. The Hall–Kier alpha value is -1.10. The summed E-state index contributed by atoms with van der Waals surface area (Å²) in [6, 6.07) is 0.251. The molecule has 0 radical (unpaired) electrons. The minimum Gasteiger partial charge on any atom is -0.353 e. The van der Waals surface area contributed by atoms with Gasteiger partial charge in [0.05, 0.1) is 6.54 Å². The highest BCUT2D eigenvalue weighted by molar-refractivity contribution is 5.85. The van der Waals surface area contributed by atoms with Crippen molar-refractivity contribution in [3.05, 3.63) is 0 Å². The summed E-state index contributed by atoms with van der Waals surface area (Å²) >= 11 is 0. The fourth-order valence-corrected chi connectivity index (χ4v) is 1.63. The number of rotatable bonds is 5. The van der Waals surface area contributed by atoms with Crippen LogP contribution in [0.1, 0.15) is 26.2 Å². The van der Waals surface area contributed by atoms with Gasteiger partial charge in [0.1, 0.15) is 0 Å². The fourth-order valence-electron chi connectivity index (χ4n) is 1.63. The van der Waals surface area contributed by atoms with Gasteiger partial charge < -0.3 is 15.5 Å². The number of hydrogen-bond donors (Lipinski definition) is 2. The molecule has 1 saturated heterocycles. The topological polar surface area (TPSA) is 61.4 Å². The van der Waals surface area contributed by atoms with E-state index in [1.54, 1.807) is 4.90 Å². The first-order valence-corrected chi connectivity index (χ1v) is 5.85. The number of carbonyl (C=O) groups is 2. The van der Waals surface area contributed by atoms with Crippen LogP contribution in [0.15, 0.2) is 0 Å². The number of piperidine rings is 1. The van der Waals surface area contributed by atoms with Crippen LogP contribution in [0.25, 0.3) is 0 Å². The van der Waals surface area contributed by atoms with Gasteiger partial charge in [-0.1, -0.05) is 0 Å². The van der Waals surface area contributed by atoms with Gasteiger partial charge in [-0.3, -0.25) is 9.59 Å². The van der Waals surface area contributed by atoms with Crippen LogP contribution >= 0.6 is 0 Å². The molecule has 2 amide bonds. The Bertz CT molecular complexity index is 256. The molecule has 0 bridgehead atoms. The van der Waals surface area contributed by atoms with Crippen LogP contribution in [0.3, 0.4) is 0 Å². The monoisotopic (exact) mass is 227 g/mol. The lowest BCUT2D eigenvalue weighted by Crippen LogP contribution is -2.45. The standard InChI is InChI=1S/C11H21N3O2/c1-9(12-2)7-13-10(15)8-14-6-4-3-5-11(14)16/h9,12H,3-8H2,1-2H3,(H,13,15). The molecule has 5 nitrogen and oxygen atoms in total. The minimum atomic E-state index is -0.0719. The first kappa shape index (κ1) is 13.0. The number of nitrogens with one attached hydrogen (secondary N) is 2. The zero-order valence-corrected chi connectivity index (χ0v) is 10.1. The molecule has 1 heterocycles. The van der Waals surface area contributed by atoms with E-state index in [2.05, 4.69) is 10.6 Å². The van der Waals surface area contributed by atoms with E-state index in [0.29, 0.717) is 19.5 Å². The molecule has 2 N–H and O–H groups in total. The van der Waals surface area contributed by atoms with E-state index in [4.69, 9.17) is 0 Å². The van der Waals surface area contributed by atoms with E-state index in [9.17, 15) is 9.59 Å². The van der Waals surface area contributed by atoms with Gasteiger partial charge in [0.15, 0.2) is 0 Å². The lowest BCUT2D eigenvalue weighted by molar-refractivity contribution is -0.137. The maximum atomic E-state index is 11.5. The number of carbonyl (C=O) groups excluding carboxylic acids is 2. The van der Waals surface area contributed by atoms with Crippen LogP contribution in [0.2, 0.25) is 0 Å². The number of likely N-dealkylation sites (N-methyl/N-ethyl adjacent to an activating group) is 1. The zero-order chi connectivity index (χ0) is 12.0. The van der Waals surface area contributed by atoms with Crippen molar-refractivity contribution in [2.75, 3.05) is 26.7 Å². The Labute approximate surface area is 96.6 Å². The summed E-state index contributed by atoms with van der Waals surface area (Å²) in [6.45, 7) is 3.51. The van der Waals surface area contributed by atoms with E-state index < -0.39 is 0 Å². The van der Waals surface area contributed by atoms with E-state index in [1.165, 1.54) is 0 Å². The van der Waals surface area contributed by atoms with Crippen molar-refractivity contribution in [2.24, 2.45) is 0 Å². The van der Waals surface area contributed by atoms with Gasteiger partial charge in [-0.15, -0.1) is 0 Å². The predicted molar refractivity (Wildman–Crippen MR) is 62.0 cm³/mol. The van der Waals surface area contributed by atoms with Gasteiger partial charge in [-0.25, -0.2) is 0 Å². The molecule has 0 saturated carbocycles. The molecular formula is C11H21N3O2. The summed E-state index contributed by atoms with van der Waals surface area (Å²) in [5.74, 6) is 0.0282. The molecule has 16 heavy (non-hydrogen) atoms. The van der Waals surface area contributed by atoms with E-state index in [1.807, 2.05) is 14.0 Å². The van der Waals surface area contributed by atoms with E-state index in [-0.39, 0.29) is 24.4 Å². The molecule has 0 aromatic heterocycles. The van der Waals surface area contributed by atoms with Gasteiger partial charge in [0.25, 0.3) is 0 Å². The lowest BCUT2D eigenvalue weighted by Gasteiger charge is -2.26.